The van der Waals surface area contributed by atoms with E-state index in [0.717, 1.165) is 5.56 Å². The second kappa shape index (κ2) is 11.9. The first-order valence-electron chi connectivity index (χ1n) is 11.6. The molecule has 10 heteroatoms. The molecule has 0 aliphatic rings. The van der Waals surface area contributed by atoms with Gasteiger partial charge < -0.3 is 24.6 Å². The molecule has 0 saturated carbocycles. The second-order valence-electron chi connectivity index (χ2n) is 8.63. The smallest absolute Gasteiger partial charge is 0.335 e. The summed E-state index contributed by atoms with van der Waals surface area (Å²) in [6.45, 7) is 6.97. The van der Waals surface area contributed by atoms with Crippen molar-refractivity contribution in [3.05, 3.63) is 87.5 Å². The summed E-state index contributed by atoms with van der Waals surface area (Å²) in [7, 11) is 0. The molecular formula is C27H28N2O8. The summed E-state index contributed by atoms with van der Waals surface area (Å²) in [5.41, 5.74) is 0.650. The number of anilines is 1. The van der Waals surface area contributed by atoms with E-state index >= 15 is 0 Å². The third kappa shape index (κ3) is 6.97. The maximum atomic E-state index is 13.4. The van der Waals surface area contributed by atoms with E-state index in [1.54, 1.807) is 27.7 Å². The van der Waals surface area contributed by atoms with Crippen LogP contribution in [0.3, 0.4) is 0 Å². The van der Waals surface area contributed by atoms with Crippen molar-refractivity contribution in [2.24, 2.45) is 0 Å². The first kappa shape index (κ1) is 27.0. The molecule has 0 atom stereocenters. The summed E-state index contributed by atoms with van der Waals surface area (Å²) >= 11 is 0. The molecule has 10 nitrogen and oxygen atoms in total. The van der Waals surface area contributed by atoms with Crippen molar-refractivity contribution in [3.8, 4) is 17.2 Å². The van der Waals surface area contributed by atoms with Gasteiger partial charge in [0.1, 0.15) is 12.4 Å². The molecule has 3 rings (SSSR count). The molecule has 0 heterocycles. The van der Waals surface area contributed by atoms with Crippen LogP contribution in [0.5, 0.6) is 17.2 Å². The third-order valence-corrected chi connectivity index (χ3v) is 4.95. The van der Waals surface area contributed by atoms with E-state index in [1.165, 1.54) is 30.3 Å². The summed E-state index contributed by atoms with van der Waals surface area (Å²) in [5.74, 6) is -1.88. The minimum absolute atomic E-state index is 0.00464. The Labute approximate surface area is 213 Å². The average molecular weight is 509 g/mol. The number of amides is 1. The number of hydrogen-bond donors (Lipinski definition) is 2. The van der Waals surface area contributed by atoms with E-state index < -0.39 is 22.9 Å². The molecule has 0 unspecified atom stereocenters. The van der Waals surface area contributed by atoms with Gasteiger partial charge in [-0.1, -0.05) is 30.3 Å². The lowest BCUT2D eigenvalue weighted by molar-refractivity contribution is -0.386. The standard InChI is InChI=1S/C27H28N2O8/c1-16(2)36-23-14-19(27(31)32)10-12-21(23)28-26(30)20-11-13-22(29(33)34)25(37-17(3)4)24(20)35-15-18-8-6-5-7-9-18/h5-14,16-17H,15H2,1-4H3,(H,28,30)(H,31,32). The molecule has 0 aliphatic carbocycles. The van der Waals surface area contributed by atoms with Crippen molar-refractivity contribution >= 4 is 23.3 Å². The highest BCUT2D eigenvalue weighted by atomic mass is 16.6. The van der Waals surface area contributed by atoms with Gasteiger partial charge in [-0.3, -0.25) is 14.9 Å². The average Bonchev–Trinajstić information content (AvgIpc) is 2.83. The summed E-state index contributed by atoms with van der Waals surface area (Å²) in [6.07, 6.45) is -0.736. The number of hydrogen-bond acceptors (Lipinski definition) is 7. The number of nitrogens with one attached hydrogen (secondary N) is 1. The lowest BCUT2D eigenvalue weighted by atomic mass is 10.1. The zero-order valence-electron chi connectivity index (χ0n) is 20.9. The van der Waals surface area contributed by atoms with Crippen molar-refractivity contribution < 1.29 is 33.8 Å². The van der Waals surface area contributed by atoms with E-state index in [0.29, 0.717) is 0 Å². The molecule has 0 fully saturated rings. The molecule has 0 aliphatic heterocycles. The van der Waals surface area contributed by atoms with Gasteiger partial charge in [0, 0.05) is 6.07 Å². The SMILES string of the molecule is CC(C)Oc1cc(C(=O)O)ccc1NC(=O)c1ccc([N+](=O)[O-])c(OC(C)C)c1OCc1ccccc1. The molecule has 1 amide bonds. The molecule has 0 radical (unpaired) electrons. The third-order valence-electron chi connectivity index (χ3n) is 4.95. The molecule has 2 N–H and O–H groups in total. The quantitative estimate of drug-likeness (QED) is 0.249. The molecule has 3 aromatic carbocycles. The number of benzene rings is 3. The fraction of sp³-hybridized carbons (Fsp3) is 0.259. The number of carboxylic acid groups (broad SMARTS) is 1. The van der Waals surface area contributed by atoms with Crippen LogP contribution in [0.25, 0.3) is 0 Å². The Hall–Kier alpha value is -4.60. The van der Waals surface area contributed by atoms with Crippen LogP contribution in [0.4, 0.5) is 11.4 Å². The van der Waals surface area contributed by atoms with Gasteiger partial charge in [-0.25, -0.2) is 4.79 Å². The van der Waals surface area contributed by atoms with Gasteiger partial charge in [0.2, 0.25) is 5.75 Å². The monoisotopic (exact) mass is 508 g/mol. The van der Waals surface area contributed by atoms with Crippen LogP contribution in [-0.2, 0) is 6.61 Å². The Kier molecular flexibility index (Phi) is 8.68. The minimum atomic E-state index is -1.14. The van der Waals surface area contributed by atoms with E-state index in [9.17, 15) is 24.8 Å². The Bertz CT molecular complexity index is 1290. The van der Waals surface area contributed by atoms with E-state index in [1.807, 2.05) is 30.3 Å². The van der Waals surface area contributed by atoms with Crippen molar-refractivity contribution in [2.75, 3.05) is 5.32 Å². The zero-order valence-corrected chi connectivity index (χ0v) is 20.9. The number of carbonyl (C=O) groups is 2. The van der Waals surface area contributed by atoms with Gasteiger partial charge in [0.05, 0.1) is 33.9 Å². The van der Waals surface area contributed by atoms with Crippen LogP contribution in [0.15, 0.2) is 60.7 Å². The minimum Gasteiger partial charge on any atom is -0.489 e. The summed E-state index contributed by atoms with van der Waals surface area (Å²) < 4.78 is 17.4. The van der Waals surface area contributed by atoms with Gasteiger partial charge in [-0.2, -0.15) is 0 Å². The maximum Gasteiger partial charge on any atom is 0.335 e. The first-order valence-corrected chi connectivity index (χ1v) is 11.6. The van der Waals surface area contributed by atoms with Crippen LogP contribution < -0.4 is 19.5 Å². The predicted octanol–water partition coefficient (Wildman–Crippen LogP) is 5.70. The van der Waals surface area contributed by atoms with Crippen molar-refractivity contribution in [1.29, 1.82) is 0 Å². The first-order chi connectivity index (χ1) is 17.6. The van der Waals surface area contributed by atoms with E-state index in [-0.39, 0.29) is 52.5 Å². The van der Waals surface area contributed by atoms with Crippen LogP contribution in [0.2, 0.25) is 0 Å². The number of nitrogens with zero attached hydrogens (tertiary/aromatic N) is 1. The second-order valence-corrected chi connectivity index (χ2v) is 8.63. The number of carboxylic acids is 1. The number of nitro benzene ring substituents is 1. The molecule has 194 valence electrons. The fourth-order valence-electron chi connectivity index (χ4n) is 3.40. The van der Waals surface area contributed by atoms with Gasteiger partial charge in [-0.05, 0) is 57.5 Å². The molecule has 0 bridgehead atoms. The Morgan fingerprint density at radius 1 is 0.946 bits per heavy atom. The van der Waals surface area contributed by atoms with Crippen molar-refractivity contribution in [2.45, 2.75) is 46.5 Å². The summed E-state index contributed by atoms with van der Waals surface area (Å²) in [6, 6.07) is 15.7. The van der Waals surface area contributed by atoms with Crippen molar-refractivity contribution in [1.82, 2.24) is 0 Å². The molecule has 0 saturated heterocycles. The fourth-order valence-corrected chi connectivity index (χ4v) is 3.40. The van der Waals surface area contributed by atoms with Crippen LogP contribution in [0, 0.1) is 10.1 Å². The Morgan fingerprint density at radius 3 is 2.22 bits per heavy atom. The highest BCUT2D eigenvalue weighted by Gasteiger charge is 2.28. The molecule has 0 spiro atoms. The number of nitro groups is 1. The Balaban J connectivity index is 2.06. The largest absolute Gasteiger partial charge is 0.489 e. The molecule has 3 aromatic rings. The highest BCUT2D eigenvalue weighted by molar-refractivity contribution is 6.08. The lowest BCUT2D eigenvalue weighted by Gasteiger charge is -2.19. The topological polar surface area (TPSA) is 137 Å². The van der Waals surface area contributed by atoms with Crippen molar-refractivity contribution in [3.63, 3.8) is 0 Å². The van der Waals surface area contributed by atoms with Crippen LogP contribution in [0.1, 0.15) is 54.0 Å². The predicted molar refractivity (Wildman–Crippen MR) is 137 cm³/mol. The highest BCUT2D eigenvalue weighted by Crippen LogP contribution is 2.41. The number of ether oxygens (including phenoxy) is 3. The van der Waals surface area contributed by atoms with E-state index in [2.05, 4.69) is 5.32 Å². The Morgan fingerprint density at radius 2 is 1.62 bits per heavy atom. The van der Waals surface area contributed by atoms with Gasteiger partial charge in [0.15, 0.2) is 5.75 Å². The number of carbonyl (C=O) groups excluding carboxylic acids is 1. The van der Waals surface area contributed by atoms with Gasteiger partial charge in [-0.15, -0.1) is 0 Å². The maximum absolute atomic E-state index is 13.4. The van der Waals surface area contributed by atoms with Gasteiger partial charge in [0.25, 0.3) is 5.91 Å². The molecular weight excluding hydrogens is 480 g/mol. The molecule has 37 heavy (non-hydrogen) atoms. The summed E-state index contributed by atoms with van der Waals surface area (Å²) in [5, 5.41) is 23.8. The van der Waals surface area contributed by atoms with Crippen LogP contribution >= 0.6 is 0 Å². The lowest BCUT2D eigenvalue weighted by Crippen LogP contribution is -2.18. The number of aromatic carboxylic acids is 1. The van der Waals surface area contributed by atoms with E-state index in [4.69, 9.17) is 14.2 Å². The number of rotatable bonds is 11. The van der Waals surface area contributed by atoms with Crippen LogP contribution in [-0.4, -0.2) is 34.1 Å². The normalized spacial score (nSPS) is 10.8. The molecule has 0 aromatic heterocycles. The summed E-state index contributed by atoms with van der Waals surface area (Å²) in [4.78, 5) is 36.0. The van der Waals surface area contributed by atoms with Gasteiger partial charge >= 0.3 is 11.7 Å². The zero-order chi connectivity index (χ0) is 27.1.